The maximum atomic E-state index is 12.3. The van der Waals surface area contributed by atoms with Gasteiger partial charge in [0.2, 0.25) is 15.9 Å². The fraction of sp³-hybridized carbons (Fsp3) is 0.316. The first-order chi connectivity index (χ1) is 13.3. The predicted molar refractivity (Wildman–Crippen MR) is 107 cm³/mol. The Bertz CT molecular complexity index is 1000. The van der Waals surface area contributed by atoms with Crippen molar-refractivity contribution in [2.45, 2.75) is 26.2 Å². The largest absolute Gasteiger partial charge is 0.326 e. The van der Waals surface area contributed by atoms with Gasteiger partial charge in [0, 0.05) is 24.4 Å². The van der Waals surface area contributed by atoms with Crippen molar-refractivity contribution < 1.29 is 18.1 Å². The standard InChI is InChI=1S/C19H21N3O5S/c1-2-28(26,27)21-11-3-4-15-13-16(7-10-18(15)21)20-19(23)12-14-5-8-17(9-6-14)22(24)25/h5-10,13H,2-4,11-12H2,1H3,(H,20,23). The van der Waals surface area contributed by atoms with Gasteiger partial charge >= 0.3 is 0 Å². The second-order valence-corrected chi connectivity index (χ2v) is 8.75. The zero-order valence-corrected chi connectivity index (χ0v) is 16.2. The summed E-state index contributed by atoms with van der Waals surface area (Å²) in [6.45, 7) is 2.09. The molecular weight excluding hydrogens is 382 g/mol. The van der Waals surface area contributed by atoms with Crippen LogP contribution in [0.15, 0.2) is 42.5 Å². The van der Waals surface area contributed by atoms with Crippen LogP contribution < -0.4 is 9.62 Å². The lowest BCUT2D eigenvalue weighted by molar-refractivity contribution is -0.384. The molecule has 1 aliphatic heterocycles. The van der Waals surface area contributed by atoms with E-state index in [1.807, 2.05) is 0 Å². The third-order valence-electron chi connectivity index (χ3n) is 4.65. The molecule has 0 aliphatic carbocycles. The number of nitro groups is 1. The lowest BCUT2D eigenvalue weighted by Crippen LogP contribution is -2.36. The van der Waals surface area contributed by atoms with Crippen LogP contribution in [0.25, 0.3) is 0 Å². The molecule has 2 aromatic carbocycles. The summed E-state index contributed by atoms with van der Waals surface area (Å²) in [6, 6.07) is 11.1. The molecule has 1 amide bonds. The number of hydrogen-bond donors (Lipinski definition) is 1. The van der Waals surface area contributed by atoms with Crippen molar-refractivity contribution in [2.24, 2.45) is 0 Å². The number of hydrogen-bond acceptors (Lipinski definition) is 5. The summed E-state index contributed by atoms with van der Waals surface area (Å²) in [5.74, 6) is -0.206. The van der Waals surface area contributed by atoms with E-state index in [1.165, 1.54) is 16.4 Å². The van der Waals surface area contributed by atoms with Crippen LogP contribution in [-0.4, -0.2) is 31.5 Å². The number of sulfonamides is 1. The number of rotatable bonds is 6. The van der Waals surface area contributed by atoms with E-state index in [-0.39, 0.29) is 23.8 Å². The molecule has 1 aliphatic rings. The van der Waals surface area contributed by atoms with Gasteiger partial charge in [-0.3, -0.25) is 19.2 Å². The highest BCUT2D eigenvalue weighted by atomic mass is 32.2. The average Bonchev–Trinajstić information content (AvgIpc) is 2.67. The molecule has 1 N–H and O–H groups in total. The second-order valence-electron chi connectivity index (χ2n) is 6.57. The maximum Gasteiger partial charge on any atom is 0.269 e. The normalized spacial score (nSPS) is 13.7. The smallest absolute Gasteiger partial charge is 0.269 e. The molecule has 8 nitrogen and oxygen atoms in total. The van der Waals surface area contributed by atoms with Gasteiger partial charge in [-0.25, -0.2) is 8.42 Å². The number of nitro benzene ring substituents is 1. The highest BCUT2D eigenvalue weighted by Crippen LogP contribution is 2.31. The van der Waals surface area contributed by atoms with Crippen LogP contribution >= 0.6 is 0 Å². The van der Waals surface area contributed by atoms with Gasteiger partial charge in [0.15, 0.2) is 0 Å². The van der Waals surface area contributed by atoms with Gasteiger partial charge in [-0.15, -0.1) is 0 Å². The molecule has 0 fully saturated rings. The molecule has 0 saturated heterocycles. The van der Waals surface area contributed by atoms with Crippen molar-refractivity contribution in [3.63, 3.8) is 0 Å². The van der Waals surface area contributed by atoms with Crippen molar-refractivity contribution in [3.8, 4) is 0 Å². The molecule has 2 aromatic rings. The summed E-state index contributed by atoms with van der Waals surface area (Å²) < 4.78 is 26.0. The van der Waals surface area contributed by atoms with Gasteiger partial charge in [0.1, 0.15) is 0 Å². The molecule has 0 bridgehead atoms. The van der Waals surface area contributed by atoms with Gasteiger partial charge in [-0.2, -0.15) is 0 Å². The molecule has 9 heteroatoms. The highest BCUT2D eigenvalue weighted by molar-refractivity contribution is 7.92. The SMILES string of the molecule is CCS(=O)(=O)N1CCCc2cc(NC(=O)Cc3ccc([N+](=O)[O-])cc3)ccc21. The van der Waals surface area contributed by atoms with Crippen LogP contribution in [0, 0.1) is 10.1 Å². The van der Waals surface area contributed by atoms with Crippen LogP contribution in [-0.2, 0) is 27.7 Å². The first-order valence-electron chi connectivity index (χ1n) is 8.96. The number of nitrogens with one attached hydrogen (secondary N) is 1. The number of carbonyl (C=O) groups excluding carboxylic acids is 1. The van der Waals surface area contributed by atoms with Gasteiger partial charge in [-0.1, -0.05) is 12.1 Å². The first kappa shape index (κ1) is 19.8. The minimum Gasteiger partial charge on any atom is -0.326 e. The summed E-state index contributed by atoms with van der Waals surface area (Å²) in [5.41, 5.74) is 2.80. The molecule has 0 saturated carbocycles. The Morgan fingerprint density at radius 1 is 1.21 bits per heavy atom. The number of aryl methyl sites for hydroxylation is 1. The fourth-order valence-electron chi connectivity index (χ4n) is 3.21. The molecule has 148 valence electrons. The Kier molecular flexibility index (Phi) is 5.64. The summed E-state index contributed by atoms with van der Waals surface area (Å²) in [7, 11) is -3.32. The summed E-state index contributed by atoms with van der Waals surface area (Å²) in [6.07, 6.45) is 1.56. The zero-order chi connectivity index (χ0) is 20.3. The van der Waals surface area contributed by atoms with E-state index in [1.54, 1.807) is 37.3 Å². The van der Waals surface area contributed by atoms with Gasteiger partial charge in [-0.05, 0) is 49.1 Å². The molecule has 1 heterocycles. The summed E-state index contributed by atoms with van der Waals surface area (Å²) in [5, 5.41) is 13.5. The van der Waals surface area contributed by atoms with Crippen molar-refractivity contribution in [1.29, 1.82) is 0 Å². The van der Waals surface area contributed by atoms with Gasteiger partial charge in [0.25, 0.3) is 5.69 Å². The number of carbonyl (C=O) groups is 1. The van der Waals surface area contributed by atoms with E-state index in [0.717, 1.165) is 18.4 Å². The van der Waals surface area contributed by atoms with Crippen LogP contribution in [0.3, 0.4) is 0 Å². The van der Waals surface area contributed by atoms with Crippen LogP contribution in [0.2, 0.25) is 0 Å². The van der Waals surface area contributed by atoms with Crippen molar-refractivity contribution >= 4 is 33.0 Å². The van der Waals surface area contributed by atoms with E-state index in [4.69, 9.17) is 0 Å². The van der Waals surface area contributed by atoms with E-state index >= 15 is 0 Å². The van der Waals surface area contributed by atoms with Crippen LogP contribution in [0.4, 0.5) is 17.1 Å². The van der Waals surface area contributed by atoms with E-state index in [0.29, 0.717) is 23.5 Å². The third kappa shape index (κ3) is 4.30. The van der Waals surface area contributed by atoms with Gasteiger partial charge < -0.3 is 5.32 Å². The lowest BCUT2D eigenvalue weighted by Gasteiger charge is -2.30. The first-order valence-corrected chi connectivity index (χ1v) is 10.6. The molecule has 3 rings (SSSR count). The van der Waals surface area contributed by atoms with Crippen molar-refractivity contribution in [2.75, 3.05) is 21.9 Å². The Morgan fingerprint density at radius 3 is 2.57 bits per heavy atom. The van der Waals surface area contributed by atoms with Crippen molar-refractivity contribution in [3.05, 3.63) is 63.7 Å². The number of fused-ring (bicyclic) bond motifs is 1. The Labute approximate surface area is 163 Å². The molecule has 0 unspecified atom stereocenters. The lowest BCUT2D eigenvalue weighted by atomic mass is 10.0. The molecule has 0 aromatic heterocycles. The van der Waals surface area contributed by atoms with Crippen LogP contribution in [0.1, 0.15) is 24.5 Å². The minimum absolute atomic E-state index is 0.0227. The van der Waals surface area contributed by atoms with E-state index in [9.17, 15) is 23.3 Å². The van der Waals surface area contributed by atoms with Crippen molar-refractivity contribution in [1.82, 2.24) is 0 Å². The average molecular weight is 403 g/mol. The molecular formula is C19H21N3O5S. The summed E-state index contributed by atoms with van der Waals surface area (Å²) >= 11 is 0. The van der Waals surface area contributed by atoms with E-state index < -0.39 is 14.9 Å². The predicted octanol–water partition coefficient (Wildman–Crippen LogP) is 2.88. The molecule has 0 spiro atoms. The van der Waals surface area contributed by atoms with E-state index in [2.05, 4.69) is 5.32 Å². The number of non-ortho nitro benzene ring substituents is 1. The Balaban J connectivity index is 1.71. The minimum atomic E-state index is -3.32. The summed E-state index contributed by atoms with van der Waals surface area (Å²) in [4.78, 5) is 22.5. The zero-order valence-electron chi connectivity index (χ0n) is 15.4. The number of benzene rings is 2. The van der Waals surface area contributed by atoms with Gasteiger partial charge in [0.05, 0.1) is 22.8 Å². The number of amides is 1. The number of nitrogens with zero attached hydrogens (tertiary/aromatic N) is 2. The number of anilines is 2. The Morgan fingerprint density at radius 2 is 1.93 bits per heavy atom. The Hall–Kier alpha value is -2.94. The quantitative estimate of drug-likeness (QED) is 0.589. The fourth-order valence-corrected chi connectivity index (χ4v) is 4.41. The monoisotopic (exact) mass is 403 g/mol. The maximum absolute atomic E-state index is 12.3. The second kappa shape index (κ2) is 7.97. The molecule has 0 radical (unpaired) electrons. The molecule has 28 heavy (non-hydrogen) atoms. The highest BCUT2D eigenvalue weighted by Gasteiger charge is 2.26. The molecule has 0 atom stereocenters. The topological polar surface area (TPSA) is 110 Å². The van der Waals surface area contributed by atoms with Crippen LogP contribution in [0.5, 0.6) is 0 Å². The third-order valence-corrected chi connectivity index (χ3v) is 6.43.